The second-order valence-electron chi connectivity index (χ2n) is 8.35. The molecule has 0 atom stereocenters. The molecule has 3 aromatic rings. The molecule has 1 aromatic carbocycles. The first-order valence-electron chi connectivity index (χ1n) is 9.86. The minimum Gasteiger partial charge on any atom is -0.343 e. The maximum absolute atomic E-state index is 4.22. The van der Waals surface area contributed by atoms with Crippen molar-refractivity contribution >= 4 is 10.9 Å². The summed E-state index contributed by atoms with van der Waals surface area (Å²) in [6.07, 6.45) is 8.80. The molecule has 0 N–H and O–H groups in total. The van der Waals surface area contributed by atoms with Crippen molar-refractivity contribution < 1.29 is 0 Å². The third-order valence-corrected chi connectivity index (χ3v) is 6.52. The summed E-state index contributed by atoms with van der Waals surface area (Å²) in [5.74, 6) is 0. The molecule has 0 radical (unpaired) electrons. The Hall–Kier alpha value is -2.13. The average Bonchev–Trinajstić information content (AvgIpc) is 3.41. The lowest BCUT2D eigenvalue weighted by Crippen LogP contribution is -2.22. The standard InChI is InChI=1S/C23H27N3/c1-17-3-4-21-20(15-17)19-7-13-25(2)14-8-22(19)26(21)16-23(9-10-23)18-5-11-24-12-6-18/h3-6,11-12,15H,7-10,13-14,16H2,1-2H3. The highest BCUT2D eigenvalue weighted by atomic mass is 15.1. The Labute approximate surface area is 155 Å². The molecular formula is C23H27N3. The number of aromatic nitrogens is 2. The maximum Gasteiger partial charge on any atom is 0.0485 e. The number of nitrogens with zero attached hydrogens (tertiary/aromatic N) is 3. The first-order valence-corrected chi connectivity index (χ1v) is 9.86. The van der Waals surface area contributed by atoms with Crippen LogP contribution in [0.15, 0.2) is 42.7 Å². The van der Waals surface area contributed by atoms with Crippen LogP contribution in [0.5, 0.6) is 0 Å². The number of hydrogen-bond acceptors (Lipinski definition) is 2. The summed E-state index contributed by atoms with van der Waals surface area (Å²) in [6, 6.07) is 11.5. The lowest BCUT2D eigenvalue weighted by atomic mass is 9.96. The van der Waals surface area contributed by atoms with Crippen LogP contribution in [0.2, 0.25) is 0 Å². The van der Waals surface area contributed by atoms with Gasteiger partial charge in [0.15, 0.2) is 0 Å². The van der Waals surface area contributed by atoms with Gasteiger partial charge in [-0.2, -0.15) is 0 Å². The quantitative estimate of drug-likeness (QED) is 0.712. The fourth-order valence-corrected chi connectivity index (χ4v) is 4.74. The summed E-state index contributed by atoms with van der Waals surface area (Å²) in [7, 11) is 2.25. The summed E-state index contributed by atoms with van der Waals surface area (Å²) in [5.41, 5.74) is 7.75. The van der Waals surface area contributed by atoms with Crippen molar-refractivity contribution in [3.8, 4) is 0 Å². The Morgan fingerprint density at radius 1 is 1.04 bits per heavy atom. The van der Waals surface area contributed by atoms with E-state index in [1.807, 2.05) is 12.4 Å². The molecule has 0 bridgehead atoms. The molecule has 3 nitrogen and oxygen atoms in total. The summed E-state index contributed by atoms with van der Waals surface area (Å²) in [5, 5.41) is 1.49. The summed E-state index contributed by atoms with van der Waals surface area (Å²) >= 11 is 0. The summed E-state index contributed by atoms with van der Waals surface area (Å²) in [6.45, 7) is 5.64. The molecule has 1 aliphatic heterocycles. The van der Waals surface area contributed by atoms with E-state index in [1.165, 1.54) is 41.3 Å². The van der Waals surface area contributed by atoms with Crippen molar-refractivity contribution in [2.24, 2.45) is 0 Å². The molecule has 3 heterocycles. The summed E-state index contributed by atoms with van der Waals surface area (Å²) in [4.78, 5) is 6.70. The zero-order valence-corrected chi connectivity index (χ0v) is 15.8. The molecule has 2 aromatic heterocycles. The minimum atomic E-state index is 0.311. The van der Waals surface area contributed by atoms with Crippen LogP contribution in [0.1, 0.15) is 35.2 Å². The van der Waals surface area contributed by atoms with Crippen molar-refractivity contribution in [3.05, 3.63) is 65.1 Å². The average molecular weight is 345 g/mol. The van der Waals surface area contributed by atoms with Gasteiger partial charge in [0.05, 0.1) is 0 Å². The number of benzene rings is 1. The molecule has 1 fully saturated rings. The third-order valence-electron chi connectivity index (χ3n) is 6.52. The highest BCUT2D eigenvalue weighted by molar-refractivity contribution is 5.86. The van der Waals surface area contributed by atoms with Gasteiger partial charge in [-0.25, -0.2) is 0 Å². The maximum atomic E-state index is 4.22. The number of rotatable bonds is 3. The first kappa shape index (κ1) is 16.1. The van der Waals surface area contributed by atoms with E-state index in [4.69, 9.17) is 0 Å². The smallest absolute Gasteiger partial charge is 0.0485 e. The molecule has 26 heavy (non-hydrogen) atoms. The molecule has 3 heteroatoms. The van der Waals surface area contributed by atoms with Crippen molar-refractivity contribution in [3.63, 3.8) is 0 Å². The molecule has 0 unspecified atom stereocenters. The molecule has 1 aliphatic carbocycles. The van der Waals surface area contributed by atoms with Crippen LogP contribution in [0.3, 0.4) is 0 Å². The molecule has 134 valence electrons. The van der Waals surface area contributed by atoms with E-state index in [1.54, 1.807) is 11.3 Å². The molecule has 0 amide bonds. The van der Waals surface area contributed by atoms with Crippen molar-refractivity contribution in [2.45, 2.75) is 44.6 Å². The lowest BCUT2D eigenvalue weighted by Gasteiger charge is -2.20. The first-order chi connectivity index (χ1) is 12.7. The fraction of sp³-hybridized carbons (Fsp3) is 0.435. The minimum absolute atomic E-state index is 0.311. The molecule has 1 saturated carbocycles. The van der Waals surface area contributed by atoms with Gasteiger partial charge in [-0.1, -0.05) is 11.6 Å². The Kier molecular flexibility index (Phi) is 3.68. The van der Waals surface area contributed by atoms with Crippen molar-refractivity contribution in [2.75, 3.05) is 20.1 Å². The van der Waals surface area contributed by atoms with Gasteiger partial charge >= 0.3 is 0 Å². The van der Waals surface area contributed by atoms with E-state index >= 15 is 0 Å². The van der Waals surface area contributed by atoms with Gasteiger partial charge in [0.1, 0.15) is 0 Å². The Morgan fingerprint density at radius 2 is 1.81 bits per heavy atom. The predicted octanol–water partition coefficient (Wildman–Crippen LogP) is 4.11. The monoisotopic (exact) mass is 345 g/mol. The SMILES string of the molecule is Cc1ccc2c(c1)c1c(n2CC2(c3ccncc3)CC2)CCN(C)CC1. The van der Waals surface area contributed by atoms with E-state index in [-0.39, 0.29) is 0 Å². The highest BCUT2D eigenvalue weighted by Gasteiger charge is 2.45. The molecular weight excluding hydrogens is 318 g/mol. The molecule has 5 rings (SSSR count). The predicted molar refractivity (Wildman–Crippen MR) is 107 cm³/mol. The lowest BCUT2D eigenvalue weighted by molar-refractivity contribution is 0.350. The van der Waals surface area contributed by atoms with E-state index in [9.17, 15) is 0 Å². The van der Waals surface area contributed by atoms with Gasteiger partial charge in [-0.3, -0.25) is 4.98 Å². The highest BCUT2D eigenvalue weighted by Crippen LogP contribution is 2.50. The normalized spacial score (nSPS) is 19.3. The van der Waals surface area contributed by atoms with E-state index in [0.29, 0.717) is 5.41 Å². The number of fused-ring (bicyclic) bond motifs is 3. The van der Waals surface area contributed by atoms with Crippen LogP contribution < -0.4 is 0 Å². The molecule has 0 spiro atoms. The zero-order chi connectivity index (χ0) is 17.7. The second kappa shape index (κ2) is 5.95. The second-order valence-corrected chi connectivity index (χ2v) is 8.35. The Bertz CT molecular complexity index is 950. The van der Waals surface area contributed by atoms with E-state index in [0.717, 1.165) is 26.1 Å². The molecule has 2 aliphatic rings. The number of hydrogen-bond donors (Lipinski definition) is 0. The van der Waals surface area contributed by atoms with Crippen molar-refractivity contribution in [1.82, 2.24) is 14.5 Å². The van der Waals surface area contributed by atoms with E-state index < -0.39 is 0 Å². The van der Waals surface area contributed by atoms with Gasteiger partial charge in [0.25, 0.3) is 0 Å². The van der Waals surface area contributed by atoms with E-state index in [2.05, 4.69) is 58.8 Å². The van der Waals surface area contributed by atoms with Crippen LogP contribution in [-0.2, 0) is 24.8 Å². The Morgan fingerprint density at radius 3 is 2.58 bits per heavy atom. The van der Waals surface area contributed by atoms with Crippen LogP contribution in [0.4, 0.5) is 0 Å². The summed E-state index contributed by atoms with van der Waals surface area (Å²) < 4.78 is 2.66. The number of pyridine rings is 1. The largest absolute Gasteiger partial charge is 0.343 e. The van der Waals surface area contributed by atoms with Gasteiger partial charge in [0, 0.05) is 60.5 Å². The van der Waals surface area contributed by atoms with Gasteiger partial charge in [0.2, 0.25) is 0 Å². The van der Waals surface area contributed by atoms with Gasteiger partial charge in [-0.15, -0.1) is 0 Å². The number of likely N-dealkylation sites (N-methyl/N-ethyl adjacent to an activating group) is 1. The fourth-order valence-electron chi connectivity index (χ4n) is 4.74. The zero-order valence-electron chi connectivity index (χ0n) is 15.8. The third kappa shape index (κ3) is 2.57. The van der Waals surface area contributed by atoms with Gasteiger partial charge < -0.3 is 9.47 Å². The topological polar surface area (TPSA) is 21.1 Å². The van der Waals surface area contributed by atoms with Crippen LogP contribution >= 0.6 is 0 Å². The Balaban J connectivity index is 1.64. The van der Waals surface area contributed by atoms with Crippen LogP contribution in [-0.4, -0.2) is 34.6 Å². The van der Waals surface area contributed by atoms with Crippen molar-refractivity contribution in [1.29, 1.82) is 0 Å². The van der Waals surface area contributed by atoms with Gasteiger partial charge in [-0.05, 0) is 68.6 Å². The van der Waals surface area contributed by atoms with Crippen LogP contribution in [0.25, 0.3) is 10.9 Å². The number of aryl methyl sites for hydroxylation is 1. The van der Waals surface area contributed by atoms with Crippen LogP contribution in [0, 0.1) is 6.92 Å². The molecule has 0 saturated heterocycles.